The maximum Gasteiger partial charge on any atom is 0.311 e. The molecular formula is C20H16N4O2. The van der Waals surface area contributed by atoms with Crippen molar-refractivity contribution in [1.82, 2.24) is 9.55 Å². The zero-order chi connectivity index (χ0) is 17.9. The lowest BCUT2D eigenvalue weighted by molar-refractivity contribution is 0.0991. The molecule has 6 nitrogen and oxygen atoms in total. The van der Waals surface area contributed by atoms with Crippen molar-refractivity contribution in [3.63, 3.8) is 0 Å². The van der Waals surface area contributed by atoms with Crippen LogP contribution in [0.2, 0.25) is 0 Å². The molecule has 0 bridgehead atoms. The Morgan fingerprint density at radius 2 is 1.77 bits per heavy atom. The largest absolute Gasteiger partial charge is 0.493 e. The Morgan fingerprint density at radius 3 is 2.54 bits per heavy atom. The minimum atomic E-state index is -0.491. The second kappa shape index (κ2) is 6.68. The smallest absolute Gasteiger partial charge is 0.311 e. The van der Waals surface area contributed by atoms with Crippen LogP contribution >= 0.6 is 0 Å². The standard InChI is InChI=1S/C20H16N4O2/c25-19(16-10-6-12-21-16)23-22-18-15-9-4-5-11-17(15)24(20(18)26)13-14-7-2-1-3-8-14/h1-12,21,26H,13H2. The summed E-state index contributed by atoms with van der Waals surface area (Å²) in [5, 5.41) is 19.2. The summed E-state index contributed by atoms with van der Waals surface area (Å²) < 4.78 is 1.76. The Kier molecular flexibility index (Phi) is 4.07. The molecule has 2 aromatic heterocycles. The van der Waals surface area contributed by atoms with Crippen LogP contribution in [0, 0.1) is 0 Å². The Bertz CT molecular complexity index is 1080. The van der Waals surface area contributed by atoms with E-state index in [1.807, 2.05) is 54.6 Å². The van der Waals surface area contributed by atoms with Gasteiger partial charge in [0.25, 0.3) is 0 Å². The third-order valence-electron chi connectivity index (χ3n) is 4.17. The first kappa shape index (κ1) is 15.8. The minimum absolute atomic E-state index is 0.0157. The van der Waals surface area contributed by atoms with Crippen molar-refractivity contribution in [2.24, 2.45) is 10.2 Å². The van der Waals surface area contributed by atoms with Gasteiger partial charge in [0.15, 0.2) is 5.69 Å². The van der Waals surface area contributed by atoms with Crippen LogP contribution in [0.5, 0.6) is 5.88 Å². The number of hydrogen-bond donors (Lipinski definition) is 2. The van der Waals surface area contributed by atoms with Gasteiger partial charge in [0.05, 0.1) is 12.1 Å². The quantitative estimate of drug-likeness (QED) is 0.528. The normalized spacial score (nSPS) is 11.4. The van der Waals surface area contributed by atoms with Crippen molar-refractivity contribution in [2.75, 3.05) is 0 Å². The highest BCUT2D eigenvalue weighted by Gasteiger charge is 2.17. The number of aromatic amines is 1. The Labute approximate surface area is 149 Å². The molecule has 1 amide bonds. The Hall–Kier alpha value is -3.67. The third-order valence-corrected chi connectivity index (χ3v) is 4.17. The predicted octanol–water partition coefficient (Wildman–Crippen LogP) is 4.65. The summed E-state index contributed by atoms with van der Waals surface area (Å²) in [7, 11) is 0. The third kappa shape index (κ3) is 2.88. The number of nitrogens with one attached hydrogen (secondary N) is 1. The van der Waals surface area contributed by atoms with E-state index in [2.05, 4.69) is 15.2 Å². The van der Waals surface area contributed by atoms with E-state index >= 15 is 0 Å². The van der Waals surface area contributed by atoms with E-state index in [9.17, 15) is 9.90 Å². The number of rotatable bonds is 4. The monoisotopic (exact) mass is 344 g/mol. The molecule has 0 aliphatic rings. The summed E-state index contributed by atoms with van der Waals surface area (Å²) in [6.45, 7) is 0.493. The van der Waals surface area contributed by atoms with E-state index in [0.29, 0.717) is 12.2 Å². The number of H-pyrrole nitrogens is 1. The number of aromatic nitrogens is 2. The molecular weight excluding hydrogens is 328 g/mol. The van der Waals surface area contributed by atoms with E-state index < -0.39 is 5.91 Å². The van der Waals surface area contributed by atoms with Crippen LogP contribution in [0.25, 0.3) is 10.9 Å². The van der Waals surface area contributed by atoms with Crippen LogP contribution in [0.15, 0.2) is 83.2 Å². The number of hydrogen-bond acceptors (Lipinski definition) is 3. The number of nitrogens with zero attached hydrogens (tertiary/aromatic N) is 3. The Balaban J connectivity index is 1.75. The molecule has 4 rings (SSSR count). The van der Waals surface area contributed by atoms with Crippen LogP contribution in [-0.2, 0) is 6.54 Å². The van der Waals surface area contributed by atoms with Gasteiger partial charge >= 0.3 is 5.91 Å². The molecule has 0 saturated carbocycles. The second-order valence-electron chi connectivity index (χ2n) is 5.85. The van der Waals surface area contributed by atoms with Crippen molar-refractivity contribution in [2.45, 2.75) is 6.54 Å². The van der Waals surface area contributed by atoms with Crippen LogP contribution in [0.1, 0.15) is 16.1 Å². The highest BCUT2D eigenvalue weighted by Crippen LogP contribution is 2.39. The molecule has 0 unspecified atom stereocenters. The number of para-hydroxylation sites is 1. The zero-order valence-electron chi connectivity index (χ0n) is 13.8. The molecule has 0 fully saturated rings. The summed E-state index contributed by atoms with van der Waals surface area (Å²) in [5.74, 6) is -0.507. The lowest BCUT2D eigenvalue weighted by atomic mass is 10.2. The highest BCUT2D eigenvalue weighted by atomic mass is 16.3. The van der Waals surface area contributed by atoms with Crippen molar-refractivity contribution >= 4 is 22.5 Å². The number of amides is 1. The topological polar surface area (TPSA) is 82.7 Å². The molecule has 2 heterocycles. The molecule has 2 N–H and O–H groups in total. The minimum Gasteiger partial charge on any atom is -0.493 e. The SMILES string of the molecule is O=C(N=Nc1c(O)n(Cc2ccccc2)c2ccccc12)c1ccc[nH]1. The molecule has 0 radical (unpaired) electrons. The van der Waals surface area contributed by atoms with Crippen LogP contribution in [0.3, 0.4) is 0 Å². The number of carbonyl (C=O) groups is 1. The molecule has 0 aliphatic carbocycles. The maximum absolute atomic E-state index is 12.0. The lowest BCUT2D eigenvalue weighted by Crippen LogP contribution is -1.98. The van der Waals surface area contributed by atoms with E-state index in [-0.39, 0.29) is 11.6 Å². The number of carbonyl (C=O) groups excluding carboxylic acids is 1. The van der Waals surface area contributed by atoms with Gasteiger partial charge < -0.3 is 14.7 Å². The van der Waals surface area contributed by atoms with Gasteiger partial charge in [0.2, 0.25) is 5.88 Å². The van der Waals surface area contributed by atoms with Gasteiger partial charge in [-0.05, 0) is 23.8 Å². The first-order chi connectivity index (χ1) is 12.7. The fraction of sp³-hybridized carbons (Fsp3) is 0.0500. The van der Waals surface area contributed by atoms with Crippen molar-refractivity contribution in [3.05, 3.63) is 84.2 Å². The summed E-state index contributed by atoms with van der Waals surface area (Å²) in [6.07, 6.45) is 1.64. The Morgan fingerprint density at radius 1 is 1.00 bits per heavy atom. The van der Waals surface area contributed by atoms with Gasteiger partial charge in [0, 0.05) is 11.6 Å². The van der Waals surface area contributed by atoms with Crippen molar-refractivity contribution in [1.29, 1.82) is 0 Å². The summed E-state index contributed by atoms with van der Waals surface area (Å²) >= 11 is 0. The zero-order valence-corrected chi connectivity index (χ0v) is 13.8. The van der Waals surface area contributed by atoms with Gasteiger partial charge in [-0.2, -0.15) is 0 Å². The number of aromatic hydroxyl groups is 1. The average molecular weight is 344 g/mol. The highest BCUT2D eigenvalue weighted by molar-refractivity contribution is 5.96. The van der Waals surface area contributed by atoms with Gasteiger partial charge in [-0.25, -0.2) is 0 Å². The van der Waals surface area contributed by atoms with E-state index in [4.69, 9.17) is 0 Å². The van der Waals surface area contributed by atoms with E-state index in [0.717, 1.165) is 16.5 Å². The fourth-order valence-corrected chi connectivity index (χ4v) is 2.91. The molecule has 26 heavy (non-hydrogen) atoms. The number of azo groups is 1. The molecule has 0 spiro atoms. The summed E-state index contributed by atoms with van der Waals surface area (Å²) in [5.41, 5.74) is 2.52. The van der Waals surface area contributed by atoms with E-state index in [1.165, 1.54) is 0 Å². The predicted molar refractivity (Wildman–Crippen MR) is 98.8 cm³/mol. The summed E-state index contributed by atoms with van der Waals surface area (Å²) in [6, 6.07) is 20.7. The first-order valence-electron chi connectivity index (χ1n) is 8.17. The van der Waals surface area contributed by atoms with Crippen LogP contribution < -0.4 is 0 Å². The van der Waals surface area contributed by atoms with Gasteiger partial charge in [-0.3, -0.25) is 4.79 Å². The fourth-order valence-electron chi connectivity index (χ4n) is 2.91. The number of benzene rings is 2. The molecule has 128 valence electrons. The summed E-state index contributed by atoms with van der Waals surface area (Å²) in [4.78, 5) is 14.8. The van der Waals surface area contributed by atoms with Crippen molar-refractivity contribution < 1.29 is 9.90 Å². The molecule has 0 aliphatic heterocycles. The van der Waals surface area contributed by atoms with Crippen LogP contribution in [-0.4, -0.2) is 20.6 Å². The number of fused-ring (bicyclic) bond motifs is 1. The molecule has 4 aromatic rings. The maximum atomic E-state index is 12.0. The van der Waals surface area contributed by atoms with Gasteiger partial charge in [-0.1, -0.05) is 48.5 Å². The van der Waals surface area contributed by atoms with E-state index in [1.54, 1.807) is 22.9 Å². The van der Waals surface area contributed by atoms with Crippen LogP contribution in [0.4, 0.5) is 5.69 Å². The lowest BCUT2D eigenvalue weighted by Gasteiger charge is -2.06. The molecule has 6 heteroatoms. The second-order valence-corrected chi connectivity index (χ2v) is 5.85. The van der Waals surface area contributed by atoms with Gasteiger partial charge in [-0.15, -0.1) is 10.2 Å². The molecule has 2 aromatic carbocycles. The van der Waals surface area contributed by atoms with Gasteiger partial charge in [0.1, 0.15) is 5.69 Å². The van der Waals surface area contributed by atoms with Crippen molar-refractivity contribution in [3.8, 4) is 5.88 Å². The first-order valence-corrected chi connectivity index (χ1v) is 8.17. The average Bonchev–Trinajstić information content (AvgIpc) is 3.29. The molecule has 0 saturated heterocycles. The molecule has 0 atom stereocenters.